The topological polar surface area (TPSA) is 58.2 Å². The maximum Gasteiger partial charge on any atom is 0.255 e. The molecule has 0 radical (unpaired) electrons. The summed E-state index contributed by atoms with van der Waals surface area (Å²) in [4.78, 5) is 26.8. The second-order valence-electron chi connectivity index (χ2n) is 7.76. The van der Waals surface area contributed by atoms with Crippen LogP contribution in [0.1, 0.15) is 26.7 Å². The molecular formula is C28H23IN2O2S. The molecule has 2 amide bonds. The Morgan fingerprint density at radius 2 is 1.50 bits per heavy atom. The van der Waals surface area contributed by atoms with Gasteiger partial charge in [-0.2, -0.15) is 0 Å². The van der Waals surface area contributed by atoms with E-state index < -0.39 is 5.25 Å². The van der Waals surface area contributed by atoms with Gasteiger partial charge in [0.15, 0.2) is 0 Å². The van der Waals surface area contributed by atoms with Crippen molar-refractivity contribution >= 4 is 57.5 Å². The van der Waals surface area contributed by atoms with Crippen molar-refractivity contribution in [3.05, 3.63) is 123 Å². The zero-order valence-electron chi connectivity index (χ0n) is 18.5. The molecule has 0 spiro atoms. The molecular weight excluding hydrogens is 555 g/mol. The third-order valence-electron chi connectivity index (χ3n) is 5.08. The van der Waals surface area contributed by atoms with Gasteiger partial charge in [0.2, 0.25) is 5.91 Å². The van der Waals surface area contributed by atoms with Gasteiger partial charge >= 0.3 is 0 Å². The van der Waals surface area contributed by atoms with Gasteiger partial charge < -0.3 is 10.6 Å². The lowest BCUT2D eigenvalue weighted by molar-refractivity contribution is -0.115. The van der Waals surface area contributed by atoms with Crippen molar-refractivity contribution in [3.8, 4) is 0 Å². The second kappa shape index (κ2) is 11.4. The highest BCUT2D eigenvalue weighted by Crippen LogP contribution is 2.37. The van der Waals surface area contributed by atoms with E-state index in [1.165, 1.54) is 11.8 Å². The quantitative estimate of drug-likeness (QED) is 0.179. The third kappa shape index (κ3) is 6.48. The first-order chi connectivity index (χ1) is 16.5. The number of benzene rings is 4. The van der Waals surface area contributed by atoms with Crippen LogP contribution in [0.3, 0.4) is 0 Å². The summed E-state index contributed by atoms with van der Waals surface area (Å²) in [5.41, 5.74) is 3.98. The molecule has 1 atom stereocenters. The summed E-state index contributed by atoms with van der Waals surface area (Å²) in [6.07, 6.45) is 0. The van der Waals surface area contributed by atoms with E-state index in [0.717, 1.165) is 25.3 Å². The van der Waals surface area contributed by atoms with Gasteiger partial charge in [0, 0.05) is 25.4 Å². The number of aryl methyl sites for hydroxylation is 1. The predicted octanol–water partition coefficient (Wildman–Crippen LogP) is 7.32. The third-order valence-corrected chi connectivity index (χ3v) is 7.05. The molecule has 0 aromatic heterocycles. The van der Waals surface area contributed by atoms with E-state index in [1.54, 1.807) is 6.07 Å². The van der Waals surface area contributed by atoms with E-state index in [0.29, 0.717) is 11.3 Å². The normalized spacial score (nSPS) is 11.5. The van der Waals surface area contributed by atoms with Crippen LogP contribution in [0.2, 0.25) is 0 Å². The minimum atomic E-state index is -0.455. The number of halogens is 1. The largest absolute Gasteiger partial charge is 0.325 e. The van der Waals surface area contributed by atoms with E-state index in [2.05, 4.69) is 33.2 Å². The van der Waals surface area contributed by atoms with Gasteiger partial charge in [-0.15, -0.1) is 11.8 Å². The first kappa shape index (κ1) is 24.0. The Kier molecular flexibility index (Phi) is 8.03. The monoisotopic (exact) mass is 578 g/mol. The van der Waals surface area contributed by atoms with Crippen LogP contribution in [0.4, 0.5) is 11.4 Å². The van der Waals surface area contributed by atoms with Gasteiger partial charge in [0.05, 0.1) is 0 Å². The van der Waals surface area contributed by atoms with Crippen molar-refractivity contribution in [2.45, 2.75) is 17.1 Å². The Balaban J connectivity index is 1.53. The van der Waals surface area contributed by atoms with Crippen LogP contribution in [-0.2, 0) is 4.79 Å². The Morgan fingerprint density at radius 1 is 0.765 bits per heavy atom. The average Bonchev–Trinajstić information content (AvgIpc) is 2.84. The van der Waals surface area contributed by atoms with Gasteiger partial charge in [-0.05, 0) is 89.7 Å². The first-order valence-corrected chi connectivity index (χ1v) is 12.7. The Bertz CT molecular complexity index is 1290. The van der Waals surface area contributed by atoms with E-state index in [9.17, 15) is 9.59 Å². The van der Waals surface area contributed by atoms with Crippen LogP contribution in [0, 0.1) is 10.5 Å². The number of thioether (sulfide) groups is 1. The van der Waals surface area contributed by atoms with Crippen LogP contribution in [-0.4, -0.2) is 11.8 Å². The number of anilines is 2. The Morgan fingerprint density at radius 3 is 2.24 bits per heavy atom. The lowest BCUT2D eigenvalue weighted by Crippen LogP contribution is -2.19. The molecule has 0 saturated carbocycles. The maximum atomic E-state index is 13.3. The summed E-state index contributed by atoms with van der Waals surface area (Å²) in [7, 11) is 0. The Hall–Kier alpha value is -3.10. The fourth-order valence-electron chi connectivity index (χ4n) is 3.41. The summed E-state index contributed by atoms with van der Waals surface area (Å²) in [6, 6.07) is 32.5. The summed E-state index contributed by atoms with van der Waals surface area (Å²) in [5, 5.41) is 5.53. The molecule has 34 heavy (non-hydrogen) atoms. The lowest BCUT2D eigenvalue weighted by atomic mass is 10.1. The lowest BCUT2D eigenvalue weighted by Gasteiger charge is -2.18. The van der Waals surface area contributed by atoms with Crippen LogP contribution < -0.4 is 10.6 Å². The minimum Gasteiger partial charge on any atom is -0.325 e. The van der Waals surface area contributed by atoms with Gasteiger partial charge in [0.25, 0.3) is 5.91 Å². The Labute approximate surface area is 217 Å². The van der Waals surface area contributed by atoms with Gasteiger partial charge in [0.1, 0.15) is 5.25 Å². The fraction of sp³-hybridized carbons (Fsp3) is 0.0714. The number of rotatable bonds is 7. The molecule has 2 N–H and O–H groups in total. The standard InChI is InChI=1S/C28H23IN2O2S/c1-19-7-5-10-21(17-19)27(32)31-24-11-6-12-25(18-24)34-26(20-8-3-2-4-9-20)28(33)30-23-15-13-22(29)14-16-23/h2-18,26H,1H3,(H,30,33)(H,31,32). The molecule has 4 aromatic rings. The molecule has 0 saturated heterocycles. The summed E-state index contributed by atoms with van der Waals surface area (Å²) in [6.45, 7) is 1.96. The molecule has 0 fully saturated rings. The van der Waals surface area contributed by atoms with Crippen LogP contribution in [0.5, 0.6) is 0 Å². The highest BCUT2D eigenvalue weighted by atomic mass is 127. The van der Waals surface area contributed by atoms with Crippen molar-refractivity contribution in [1.29, 1.82) is 0 Å². The van der Waals surface area contributed by atoms with E-state index in [4.69, 9.17) is 0 Å². The second-order valence-corrected chi connectivity index (χ2v) is 10.2. The molecule has 170 valence electrons. The summed E-state index contributed by atoms with van der Waals surface area (Å²) >= 11 is 3.68. The molecule has 0 heterocycles. The number of amides is 2. The molecule has 0 aliphatic rings. The number of nitrogens with one attached hydrogen (secondary N) is 2. The summed E-state index contributed by atoms with van der Waals surface area (Å²) in [5.74, 6) is -0.270. The SMILES string of the molecule is Cc1cccc(C(=O)Nc2cccc(SC(C(=O)Nc3ccc(I)cc3)c3ccccc3)c2)c1. The number of carbonyl (C=O) groups is 2. The van der Waals surface area contributed by atoms with Crippen molar-refractivity contribution in [2.75, 3.05) is 10.6 Å². The molecule has 4 aromatic carbocycles. The molecule has 0 bridgehead atoms. The van der Waals surface area contributed by atoms with Crippen LogP contribution >= 0.6 is 34.4 Å². The van der Waals surface area contributed by atoms with Crippen molar-refractivity contribution in [3.63, 3.8) is 0 Å². The molecule has 0 aliphatic heterocycles. The number of hydrogen-bond acceptors (Lipinski definition) is 3. The van der Waals surface area contributed by atoms with Gasteiger partial charge in [-0.3, -0.25) is 9.59 Å². The van der Waals surface area contributed by atoms with E-state index in [1.807, 2.05) is 104 Å². The highest BCUT2D eigenvalue weighted by Gasteiger charge is 2.22. The zero-order valence-corrected chi connectivity index (χ0v) is 21.5. The first-order valence-electron chi connectivity index (χ1n) is 10.7. The van der Waals surface area contributed by atoms with Crippen LogP contribution in [0.25, 0.3) is 0 Å². The van der Waals surface area contributed by atoms with Gasteiger partial charge in [-0.1, -0.05) is 54.1 Å². The smallest absolute Gasteiger partial charge is 0.255 e. The molecule has 6 heteroatoms. The van der Waals surface area contributed by atoms with Crippen molar-refractivity contribution in [1.82, 2.24) is 0 Å². The summed E-state index contributed by atoms with van der Waals surface area (Å²) < 4.78 is 1.11. The van der Waals surface area contributed by atoms with Gasteiger partial charge in [-0.25, -0.2) is 0 Å². The fourth-order valence-corrected chi connectivity index (χ4v) is 4.86. The number of carbonyl (C=O) groups excluding carboxylic acids is 2. The molecule has 1 unspecified atom stereocenters. The zero-order chi connectivity index (χ0) is 23.9. The predicted molar refractivity (Wildman–Crippen MR) is 148 cm³/mol. The average molecular weight is 578 g/mol. The van der Waals surface area contributed by atoms with Crippen molar-refractivity contribution < 1.29 is 9.59 Å². The highest BCUT2D eigenvalue weighted by molar-refractivity contribution is 14.1. The molecule has 4 nitrogen and oxygen atoms in total. The van der Waals surface area contributed by atoms with Crippen molar-refractivity contribution in [2.24, 2.45) is 0 Å². The molecule has 4 rings (SSSR count). The van der Waals surface area contributed by atoms with Crippen LogP contribution in [0.15, 0.2) is 108 Å². The van der Waals surface area contributed by atoms with E-state index in [-0.39, 0.29) is 11.8 Å². The maximum absolute atomic E-state index is 13.3. The number of hydrogen-bond donors (Lipinski definition) is 2. The molecule has 0 aliphatic carbocycles. The minimum absolute atomic E-state index is 0.105. The van der Waals surface area contributed by atoms with E-state index >= 15 is 0 Å².